The maximum atomic E-state index is 12.6. The van der Waals surface area contributed by atoms with Gasteiger partial charge in [-0.15, -0.1) is 0 Å². The summed E-state index contributed by atoms with van der Waals surface area (Å²) in [4.78, 5) is 0.646. The van der Waals surface area contributed by atoms with E-state index in [0.29, 0.717) is 23.9 Å². The first-order chi connectivity index (χ1) is 8.82. The minimum absolute atomic E-state index is 0.238. The van der Waals surface area contributed by atoms with Crippen molar-refractivity contribution in [1.29, 1.82) is 0 Å². The number of nitrogens with zero attached hydrogens (tertiary/aromatic N) is 1. The van der Waals surface area contributed by atoms with E-state index >= 15 is 0 Å². The smallest absolute Gasteiger partial charge is 0.207 e. The van der Waals surface area contributed by atoms with Crippen molar-refractivity contribution >= 4 is 26.0 Å². The van der Waals surface area contributed by atoms with Crippen molar-refractivity contribution in [1.82, 2.24) is 4.31 Å². The van der Waals surface area contributed by atoms with Gasteiger partial charge in [-0.3, -0.25) is 0 Å². The zero-order valence-corrected chi connectivity index (χ0v) is 14.0. The topological polar surface area (TPSA) is 37.4 Å². The molecule has 1 fully saturated rings. The summed E-state index contributed by atoms with van der Waals surface area (Å²) in [5, 5.41) is 0. The van der Waals surface area contributed by atoms with Crippen LogP contribution in [-0.4, -0.2) is 30.6 Å². The molecule has 5 heteroatoms. The lowest BCUT2D eigenvalue weighted by Gasteiger charge is -2.33. The van der Waals surface area contributed by atoms with Gasteiger partial charge in [0.1, 0.15) is 0 Å². The van der Waals surface area contributed by atoms with Gasteiger partial charge in [0.05, 0.1) is 4.90 Å². The standard InChI is InChI=1S/C14H20BrNO2S/c1-10-4-5-13(8-12(10)3)19(17,18)16-7-6-11(2)14(15)9-16/h4-5,8,11,14H,6-7,9H2,1-3H3. The quantitative estimate of drug-likeness (QED) is 0.772. The maximum absolute atomic E-state index is 12.6. The average molecular weight is 346 g/mol. The summed E-state index contributed by atoms with van der Waals surface area (Å²) in [6, 6.07) is 5.35. The Kier molecular flexibility index (Phi) is 4.38. The van der Waals surface area contributed by atoms with Crippen LogP contribution < -0.4 is 0 Å². The molecule has 2 atom stereocenters. The van der Waals surface area contributed by atoms with E-state index in [1.165, 1.54) is 0 Å². The summed E-state index contributed by atoms with van der Waals surface area (Å²) in [7, 11) is -3.35. The predicted molar refractivity (Wildman–Crippen MR) is 81.2 cm³/mol. The fourth-order valence-electron chi connectivity index (χ4n) is 2.24. The van der Waals surface area contributed by atoms with Crippen LogP contribution >= 0.6 is 15.9 Å². The van der Waals surface area contributed by atoms with Crippen molar-refractivity contribution in [2.45, 2.75) is 36.9 Å². The minimum atomic E-state index is -3.35. The van der Waals surface area contributed by atoms with Gasteiger partial charge >= 0.3 is 0 Å². The molecule has 106 valence electrons. The van der Waals surface area contributed by atoms with Crippen LogP contribution in [0.4, 0.5) is 0 Å². The summed E-state index contributed by atoms with van der Waals surface area (Å²) >= 11 is 3.58. The molecule has 0 spiro atoms. The van der Waals surface area contributed by atoms with Crippen molar-refractivity contribution < 1.29 is 8.42 Å². The van der Waals surface area contributed by atoms with Crippen molar-refractivity contribution in [3.8, 4) is 0 Å². The van der Waals surface area contributed by atoms with Crippen LogP contribution in [0.1, 0.15) is 24.5 Å². The molecule has 0 saturated carbocycles. The van der Waals surface area contributed by atoms with Crippen LogP contribution in [0.15, 0.2) is 23.1 Å². The molecule has 1 aliphatic rings. The van der Waals surface area contributed by atoms with Crippen LogP contribution in [0.3, 0.4) is 0 Å². The van der Waals surface area contributed by atoms with Crippen molar-refractivity contribution in [3.05, 3.63) is 29.3 Å². The molecule has 0 amide bonds. The first-order valence-electron chi connectivity index (χ1n) is 6.54. The van der Waals surface area contributed by atoms with Gasteiger partial charge in [0.25, 0.3) is 0 Å². The highest BCUT2D eigenvalue weighted by Crippen LogP contribution is 2.28. The minimum Gasteiger partial charge on any atom is -0.207 e. The molecule has 0 aliphatic carbocycles. The second-order valence-corrected chi connectivity index (χ2v) is 8.51. The fourth-order valence-corrected chi connectivity index (χ4v) is 4.61. The van der Waals surface area contributed by atoms with Gasteiger partial charge < -0.3 is 0 Å². The van der Waals surface area contributed by atoms with E-state index in [2.05, 4.69) is 22.9 Å². The summed E-state index contributed by atoms with van der Waals surface area (Å²) in [6.07, 6.45) is 0.903. The molecule has 1 aromatic rings. The number of hydrogen-bond donors (Lipinski definition) is 0. The largest absolute Gasteiger partial charge is 0.243 e. The van der Waals surface area contributed by atoms with E-state index in [0.717, 1.165) is 17.5 Å². The predicted octanol–water partition coefficient (Wildman–Crippen LogP) is 3.10. The summed E-state index contributed by atoms with van der Waals surface area (Å²) < 4.78 is 26.8. The van der Waals surface area contributed by atoms with E-state index in [-0.39, 0.29) is 4.83 Å². The van der Waals surface area contributed by atoms with E-state index in [4.69, 9.17) is 0 Å². The molecule has 2 unspecified atom stereocenters. The molecule has 1 heterocycles. The third kappa shape index (κ3) is 3.03. The second-order valence-electron chi connectivity index (χ2n) is 5.39. The molecule has 1 aliphatic heterocycles. The summed E-state index contributed by atoms with van der Waals surface area (Å²) in [6.45, 7) is 7.25. The molecular weight excluding hydrogens is 326 g/mol. The first-order valence-corrected chi connectivity index (χ1v) is 8.89. The Morgan fingerprint density at radius 2 is 1.95 bits per heavy atom. The van der Waals surface area contributed by atoms with Gasteiger partial charge in [0.15, 0.2) is 0 Å². The molecule has 0 N–H and O–H groups in total. The molecule has 0 radical (unpaired) electrons. The van der Waals surface area contributed by atoms with Gasteiger partial charge in [0, 0.05) is 17.9 Å². The van der Waals surface area contributed by atoms with Gasteiger partial charge in [-0.05, 0) is 49.4 Å². The Morgan fingerprint density at radius 3 is 2.53 bits per heavy atom. The SMILES string of the molecule is Cc1ccc(S(=O)(=O)N2CCC(C)C(Br)C2)cc1C. The molecule has 3 nitrogen and oxygen atoms in total. The highest BCUT2D eigenvalue weighted by atomic mass is 79.9. The Labute approximate surface area is 124 Å². The summed E-state index contributed by atoms with van der Waals surface area (Å²) in [5.74, 6) is 0.520. The first kappa shape index (κ1) is 15.0. The average Bonchev–Trinajstić information content (AvgIpc) is 2.35. The third-order valence-electron chi connectivity index (χ3n) is 3.95. The molecular formula is C14H20BrNO2S. The number of halogens is 1. The lowest BCUT2D eigenvalue weighted by Crippen LogP contribution is -2.43. The lowest BCUT2D eigenvalue weighted by atomic mass is 10.0. The third-order valence-corrected chi connectivity index (χ3v) is 7.00. The number of benzene rings is 1. The van der Waals surface area contributed by atoms with E-state index in [9.17, 15) is 8.42 Å². The maximum Gasteiger partial charge on any atom is 0.243 e. The Hall–Kier alpha value is -0.390. The summed E-state index contributed by atoms with van der Waals surface area (Å²) in [5.41, 5.74) is 2.13. The molecule has 1 aromatic carbocycles. The zero-order valence-electron chi connectivity index (χ0n) is 11.6. The Morgan fingerprint density at radius 1 is 1.26 bits per heavy atom. The van der Waals surface area contributed by atoms with Crippen LogP contribution in [0, 0.1) is 19.8 Å². The number of alkyl halides is 1. The zero-order chi connectivity index (χ0) is 14.2. The van der Waals surface area contributed by atoms with E-state index in [1.54, 1.807) is 16.4 Å². The van der Waals surface area contributed by atoms with Gasteiger partial charge in [0.2, 0.25) is 10.0 Å². The lowest BCUT2D eigenvalue weighted by molar-refractivity contribution is 0.300. The number of aryl methyl sites for hydroxylation is 2. The monoisotopic (exact) mass is 345 g/mol. The number of piperidine rings is 1. The fraction of sp³-hybridized carbons (Fsp3) is 0.571. The molecule has 19 heavy (non-hydrogen) atoms. The number of hydrogen-bond acceptors (Lipinski definition) is 2. The highest BCUT2D eigenvalue weighted by Gasteiger charge is 2.32. The Bertz CT molecular complexity index is 571. The van der Waals surface area contributed by atoms with Crippen LogP contribution in [-0.2, 0) is 10.0 Å². The van der Waals surface area contributed by atoms with Crippen molar-refractivity contribution in [3.63, 3.8) is 0 Å². The number of rotatable bonds is 2. The molecule has 2 rings (SSSR count). The normalized spacial score (nSPS) is 25.5. The van der Waals surface area contributed by atoms with Crippen LogP contribution in [0.2, 0.25) is 0 Å². The second kappa shape index (κ2) is 5.54. The van der Waals surface area contributed by atoms with Gasteiger partial charge in [-0.25, -0.2) is 8.42 Å². The van der Waals surface area contributed by atoms with Gasteiger partial charge in [-0.2, -0.15) is 4.31 Å². The van der Waals surface area contributed by atoms with Gasteiger partial charge in [-0.1, -0.05) is 28.9 Å². The van der Waals surface area contributed by atoms with E-state index < -0.39 is 10.0 Å². The highest BCUT2D eigenvalue weighted by molar-refractivity contribution is 9.09. The van der Waals surface area contributed by atoms with Crippen LogP contribution in [0.25, 0.3) is 0 Å². The Balaban J connectivity index is 2.29. The molecule has 0 bridgehead atoms. The molecule has 0 aromatic heterocycles. The van der Waals surface area contributed by atoms with Crippen LogP contribution in [0.5, 0.6) is 0 Å². The molecule has 1 saturated heterocycles. The number of sulfonamides is 1. The van der Waals surface area contributed by atoms with E-state index in [1.807, 2.05) is 19.9 Å². The van der Waals surface area contributed by atoms with Crippen molar-refractivity contribution in [2.24, 2.45) is 5.92 Å². The van der Waals surface area contributed by atoms with Crippen molar-refractivity contribution in [2.75, 3.05) is 13.1 Å².